The third-order valence-corrected chi connectivity index (χ3v) is 5.49. The molecule has 1 aromatic heterocycles. The number of amides is 1. The maximum atomic E-state index is 11.4. The van der Waals surface area contributed by atoms with Crippen LogP contribution < -0.4 is 10.6 Å². The number of carbonyl (C=O) groups is 1. The van der Waals surface area contributed by atoms with Gasteiger partial charge in [-0.3, -0.25) is 0 Å². The summed E-state index contributed by atoms with van der Waals surface area (Å²) < 4.78 is 5.42. The van der Waals surface area contributed by atoms with Gasteiger partial charge in [0.15, 0.2) is 0 Å². The predicted molar refractivity (Wildman–Crippen MR) is 115 cm³/mol. The fourth-order valence-corrected chi connectivity index (χ4v) is 4.33. The molecule has 150 valence electrons. The van der Waals surface area contributed by atoms with Crippen LogP contribution in [-0.4, -0.2) is 34.8 Å². The van der Waals surface area contributed by atoms with E-state index in [-0.39, 0.29) is 17.6 Å². The first kappa shape index (κ1) is 19.2. The zero-order valence-corrected chi connectivity index (χ0v) is 17.0. The Morgan fingerprint density at radius 3 is 2.59 bits per heavy atom. The Labute approximate surface area is 170 Å². The van der Waals surface area contributed by atoms with Gasteiger partial charge in [0.25, 0.3) is 0 Å². The van der Waals surface area contributed by atoms with Crippen molar-refractivity contribution in [1.29, 1.82) is 0 Å². The van der Waals surface area contributed by atoms with Gasteiger partial charge in [-0.25, -0.2) is 14.8 Å². The van der Waals surface area contributed by atoms with Gasteiger partial charge < -0.3 is 15.4 Å². The second-order valence-electron chi connectivity index (χ2n) is 8.59. The van der Waals surface area contributed by atoms with Crippen LogP contribution in [0.3, 0.4) is 0 Å². The van der Waals surface area contributed by atoms with Gasteiger partial charge >= 0.3 is 6.09 Å². The van der Waals surface area contributed by atoms with Gasteiger partial charge in [0.1, 0.15) is 18.2 Å². The fourth-order valence-electron chi connectivity index (χ4n) is 4.33. The molecule has 3 aromatic rings. The first-order valence-corrected chi connectivity index (χ1v) is 9.87. The van der Waals surface area contributed by atoms with Crippen LogP contribution >= 0.6 is 0 Å². The lowest BCUT2D eigenvalue weighted by molar-refractivity contribution is 0.0753. The van der Waals surface area contributed by atoms with Crippen LogP contribution in [0.2, 0.25) is 0 Å². The lowest BCUT2D eigenvalue weighted by Gasteiger charge is -2.38. The summed E-state index contributed by atoms with van der Waals surface area (Å²) in [5.41, 5.74) is 7.10. The summed E-state index contributed by atoms with van der Waals surface area (Å²) in [6, 6.07) is 16.6. The molecule has 0 radical (unpaired) electrons. The summed E-state index contributed by atoms with van der Waals surface area (Å²) in [6.07, 6.45) is 1.33. The number of ether oxygens (including phenoxy) is 1. The van der Waals surface area contributed by atoms with Gasteiger partial charge in [0.05, 0.1) is 11.7 Å². The van der Waals surface area contributed by atoms with E-state index in [0.29, 0.717) is 0 Å². The highest BCUT2D eigenvalue weighted by molar-refractivity contribution is 5.87. The SMILES string of the molecule is CC(C)(C)[C@@H]1C(OC(N)=O)CCN1c1cc(-c2ccc3ccccc3c2)ncn1. The van der Waals surface area contributed by atoms with Gasteiger partial charge in [-0.1, -0.05) is 57.2 Å². The molecule has 0 bridgehead atoms. The average Bonchev–Trinajstić information content (AvgIpc) is 3.11. The van der Waals surface area contributed by atoms with Crippen LogP contribution in [0, 0.1) is 5.41 Å². The van der Waals surface area contributed by atoms with Crippen LogP contribution in [0.15, 0.2) is 54.9 Å². The molecule has 2 N–H and O–H groups in total. The molecule has 2 atom stereocenters. The summed E-state index contributed by atoms with van der Waals surface area (Å²) in [7, 11) is 0. The number of rotatable bonds is 3. The number of fused-ring (bicyclic) bond motifs is 1. The molecule has 6 nitrogen and oxygen atoms in total. The van der Waals surface area contributed by atoms with Gasteiger partial charge in [-0.2, -0.15) is 0 Å². The van der Waals surface area contributed by atoms with E-state index < -0.39 is 6.09 Å². The van der Waals surface area contributed by atoms with Crippen LogP contribution in [-0.2, 0) is 4.74 Å². The molecule has 2 aromatic carbocycles. The highest BCUT2D eigenvalue weighted by Gasteiger charge is 2.44. The van der Waals surface area contributed by atoms with Crippen molar-refractivity contribution in [3.63, 3.8) is 0 Å². The molecule has 2 heterocycles. The lowest BCUT2D eigenvalue weighted by atomic mass is 9.83. The largest absolute Gasteiger partial charge is 0.444 e. The van der Waals surface area contributed by atoms with Gasteiger partial charge in [0.2, 0.25) is 0 Å². The molecule has 0 saturated carbocycles. The minimum absolute atomic E-state index is 0.0191. The van der Waals surface area contributed by atoms with Crippen LogP contribution in [0.1, 0.15) is 27.2 Å². The standard InChI is InChI=1S/C23H26N4O2/c1-23(2,3)21-19(29-22(24)28)10-11-27(21)20-13-18(25-14-26-20)17-9-8-15-6-4-5-7-16(15)12-17/h4-9,12-14,19,21H,10-11H2,1-3H3,(H2,24,28)/t19?,21-/m0/s1. The Morgan fingerprint density at radius 2 is 1.86 bits per heavy atom. The molecular weight excluding hydrogens is 364 g/mol. The van der Waals surface area contributed by atoms with Crippen molar-refractivity contribution in [3.8, 4) is 11.3 Å². The molecule has 1 unspecified atom stereocenters. The Morgan fingerprint density at radius 1 is 1.10 bits per heavy atom. The number of carbonyl (C=O) groups excluding carboxylic acids is 1. The third-order valence-electron chi connectivity index (χ3n) is 5.49. The average molecular weight is 390 g/mol. The number of nitrogens with zero attached hydrogens (tertiary/aromatic N) is 3. The quantitative estimate of drug-likeness (QED) is 0.717. The van der Waals surface area contributed by atoms with Crippen LogP contribution in [0.5, 0.6) is 0 Å². The zero-order valence-electron chi connectivity index (χ0n) is 17.0. The number of anilines is 1. The van der Waals surface area contributed by atoms with Gasteiger partial charge in [-0.15, -0.1) is 0 Å². The molecule has 1 aliphatic rings. The Hall–Kier alpha value is -3.15. The third kappa shape index (κ3) is 3.88. The zero-order chi connectivity index (χ0) is 20.6. The van der Waals surface area contributed by atoms with E-state index in [0.717, 1.165) is 30.0 Å². The molecule has 1 aliphatic heterocycles. The number of nitrogens with two attached hydrogens (primary N) is 1. The number of hydrogen-bond acceptors (Lipinski definition) is 5. The molecule has 6 heteroatoms. The summed E-state index contributed by atoms with van der Waals surface area (Å²) in [4.78, 5) is 22.6. The summed E-state index contributed by atoms with van der Waals surface area (Å²) in [5.74, 6) is 0.832. The number of primary amides is 1. The minimum atomic E-state index is -0.731. The Balaban J connectivity index is 1.69. The molecule has 1 fully saturated rings. The summed E-state index contributed by atoms with van der Waals surface area (Å²) in [6.45, 7) is 7.16. The molecule has 1 saturated heterocycles. The normalized spacial score (nSPS) is 19.5. The number of hydrogen-bond donors (Lipinski definition) is 1. The van der Waals surface area contributed by atoms with Gasteiger partial charge in [0, 0.05) is 24.6 Å². The van der Waals surface area contributed by atoms with Crippen LogP contribution in [0.4, 0.5) is 10.6 Å². The summed E-state index contributed by atoms with van der Waals surface area (Å²) >= 11 is 0. The van der Waals surface area contributed by atoms with Crippen molar-refractivity contribution in [2.45, 2.75) is 39.3 Å². The van der Waals surface area contributed by atoms with Crippen molar-refractivity contribution >= 4 is 22.7 Å². The van der Waals surface area contributed by atoms with Crippen molar-refractivity contribution in [2.75, 3.05) is 11.4 Å². The highest BCUT2D eigenvalue weighted by Crippen LogP contribution is 2.37. The maximum absolute atomic E-state index is 11.4. The molecule has 1 amide bonds. The van der Waals surface area contributed by atoms with Gasteiger partial charge in [-0.05, 0) is 22.3 Å². The smallest absolute Gasteiger partial charge is 0.404 e. The predicted octanol–water partition coefficient (Wildman–Crippen LogP) is 4.39. The van der Waals surface area contributed by atoms with Crippen LogP contribution in [0.25, 0.3) is 22.0 Å². The van der Waals surface area contributed by atoms with Crippen molar-refractivity contribution in [2.24, 2.45) is 11.1 Å². The summed E-state index contributed by atoms with van der Waals surface area (Å²) in [5, 5.41) is 2.37. The monoisotopic (exact) mass is 390 g/mol. The fraction of sp³-hybridized carbons (Fsp3) is 0.348. The first-order valence-electron chi connectivity index (χ1n) is 9.87. The second-order valence-corrected chi connectivity index (χ2v) is 8.59. The molecule has 0 spiro atoms. The van der Waals surface area contributed by atoms with E-state index in [9.17, 15) is 4.79 Å². The lowest BCUT2D eigenvalue weighted by Crippen LogP contribution is -2.47. The molecule has 0 aliphatic carbocycles. The van der Waals surface area contributed by atoms with E-state index in [4.69, 9.17) is 10.5 Å². The Kier molecular flexibility index (Phi) is 4.86. The first-order chi connectivity index (χ1) is 13.8. The van der Waals surface area contributed by atoms with E-state index in [1.165, 1.54) is 10.8 Å². The van der Waals surface area contributed by atoms with Crippen molar-refractivity contribution in [3.05, 3.63) is 54.9 Å². The van der Waals surface area contributed by atoms with E-state index in [1.54, 1.807) is 6.33 Å². The van der Waals surface area contributed by atoms with E-state index in [2.05, 4.69) is 66.0 Å². The topological polar surface area (TPSA) is 81.3 Å². The molecular formula is C23H26N4O2. The highest BCUT2D eigenvalue weighted by atomic mass is 16.6. The van der Waals surface area contributed by atoms with Crippen molar-refractivity contribution in [1.82, 2.24) is 9.97 Å². The minimum Gasteiger partial charge on any atom is -0.444 e. The Bertz CT molecular complexity index is 1040. The van der Waals surface area contributed by atoms with E-state index in [1.807, 2.05) is 18.2 Å². The number of benzene rings is 2. The molecule has 29 heavy (non-hydrogen) atoms. The second kappa shape index (κ2) is 7.35. The van der Waals surface area contributed by atoms with E-state index >= 15 is 0 Å². The maximum Gasteiger partial charge on any atom is 0.404 e. The molecule has 4 rings (SSSR count). The van der Waals surface area contributed by atoms with Crippen molar-refractivity contribution < 1.29 is 9.53 Å². The number of aromatic nitrogens is 2.